The number of anilines is 1. The van der Waals surface area contributed by atoms with E-state index in [1.807, 2.05) is 18.2 Å². The van der Waals surface area contributed by atoms with Gasteiger partial charge < -0.3 is 9.88 Å². The number of hydrogen-bond acceptors (Lipinski definition) is 1. The van der Waals surface area contributed by atoms with Gasteiger partial charge in [-0.15, -0.1) is 0 Å². The average molecular weight is 233 g/mol. The van der Waals surface area contributed by atoms with Crippen molar-refractivity contribution in [3.63, 3.8) is 0 Å². The van der Waals surface area contributed by atoms with Gasteiger partial charge in [-0.25, -0.2) is 0 Å². The molecule has 1 N–H and O–H groups in total. The number of rotatable bonds is 1. The Bertz CT molecular complexity index is 542. The van der Waals surface area contributed by atoms with E-state index >= 15 is 0 Å². The van der Waals surface area contributed by atoms with Crippen LogP contribution in [-0.2, 0) is 0 Å². The predicted molar refractivity (Wildman–Crippen MR) is 69.3 cm³/mol. The Morgan fingerprint density at radius 1 is 1.25 bits per heavy atom. The molecule has 0 atom stereocenters. The Kier molecular flexibility index (Phi) is 2.37. The van der Waals surface area contributed by atoms with Gasteiger partial charge in [0.2, 0.25) is 0 Å². The molecule has 0 amide bonds. The minimum absolute atomic E-state index is 0.793. The van der Waals surface area contributed by atoms with E-state index in [0.717, 1.165) is 30.0 Å². The third-order valence-electron chi connectivity index (χ3n) is 3.02. The Hall–Kier alpha value is -1.41. The quantitative estimate of drug-likeness (QED) is 0.745. The van der Waals surface area contributed by atoms with Crippen molar-refractivity contribution in [2.45, 2.75) is 6.42 Å². The number of nitrogens with zero attached hydrogens (tertiary/aromatic N) is 1. The molecule has 16 heavy (non-hydrogen) atoms. The summed E-state index contributed by atoms with van der Waals surface area (Å²) in [4.78, 5) is 5.66. The van der Waals surface area contributed by atoms with E-state index in [-0.39, 0.29) is 0 Å². The second-order valence-corrected chi connectivity index (χ2v) is 4.51. The van der Waals surface area contributed by atoms with Crippen LogP contribution in [0.4, 0.5) is 5.69 Å². The second kappa shape index (κ2) is 3.87. The Labute approximate surface area is 99.5 Å². The minimum atomic E-state index is 0.793. The molecule has 1 aliphatic rings. The summed E-state index contributed by atoms with van der Waals surface area (Å²) in [5.74, 6) is 0. The third kappa shape index (κ3) is 1.59. The Morgan fingerprint density at radius 3 is 3.00 bits per heavy atom. The topological polar surface area (TPSA) is 19.0 Å². The van der Waals surface area contributed by atoms with Crippen LogP contribution in [0.2, 0.25) is 5.02 Å². The van der Waals surface area contributed by atoms with Gasteiger partial charge in [-0.05, 0) is 24.6 Å². The molecule has 82 valence electrons. The molecule has 0 aliphatic carbocycles. The van der Waals surface area contributed by atoms with Gasteiger partial charge in [-0.3, -0.25) is 0 Å². The van der Waals surface area contributed by atoms with Gasteiger partial charge in [-0.2, -0.15) is 0 Å². The van der Waals surface area contributed by atoms with Crippen LogP contribution in [0.15, 0.2) is 36.5 Å². The van der Waals surface area contributed by atoms with Gasteiger partial charge in [0.05, 0.1) is 5.69 Å². The van der Waals surface area contributed by atoms with Gasteiger partial charge in [0, 0.05) is 35.2 Å². The van der Waals surface area contributed by atoms with Crippen LogP contribution in [0, 0.1) is 0 Å². The van der Waals surface area contributed by atoms with Crippen LogP contribution in [-0.4, -0.2) is 18.1 Å². The van der Waals surface area contributed by atoms with Crippen molar-refractivity contribution < 1.29 is 0 Å². The van der Waals surface area contributed by atoms with Crippen LogP contribution in [0.1, 0.15) is 6.42 Å². The molecule has 0 saturated carbocycles. The first-order valence-electron chi connectivity index (χ1n) is 5.51. The first-order valence-corrected chi connectivity index (χ1v) is 5.89. The molecule has 0 unspecified atom stereocenters. The molecule has 2 heterocycles. The van der Waals surface area contributed by atoms with Crippen LogP contribution in [0.5, 0.6) is 0 Å². The maximum absolute atomic E-state index is 6.04. The molecule has 0 spiro atoms. The van der Waals surface area contributed by atoms with Crippen LogP contribution >= 0.6 is 11.6 Å². The van der Waals surface area contributed by atoms with E-state index in [1.165, 1.54) is 11.1 Å². The molecular formula is C13H13ClN2. The molecule has 0 bridgehead atoms. The summed E-state index contributed by atoms with van der Waals surface area (Å²) in [6, 6.07) is 5.97. The van der Waals surface area contributed by atoms with E-state index < -0.39 is 0 Å². The van der Waals surface area contributed by atoms with Crippen LogP contribution in [0.3, 0.4) is 0 Å². The lowest BCUT2D eigenvalue weighted by molar-refractivity contribution is 0.824. The van der Waals surface area contributed by atoms with Gasteiger partial charge in [-0.1, -0.05) is 23.8 Å². The Balaban J connectivity index is 2.09. The number of hydrogen-bond donors (Lipinski definition) is 1. The van der Waals surface area contributed by atoms with Gasteiger partial charge in [0.25, 0.3) is 0 Å². The molecule has 0 fully saturated rings. The summed E-state index contributed by atoms with van der Waals surface area (Å²) in [5, 5.41) is 2.00. The molecule has 3 rings (SSSR count). The normalized spacial score (nSPS) is 15.9. The van der Waals surface area contributed by atoms with Crippen molar-refractivity contribution >= 4 is 28.2 Å². The molecule has 1 aromatic carbocycles. The monoisotopic (exact) mass is 232 g/mol. The third-order valence-corrected chi connectivity index (χ3v) is 3.26. The number of aromatic nitrogens is 1. The van der Waals surface area contributed by atoms with Crippen molar-refractivity contribution in [2.75, 3.05) is 18.0 Å². The number of H-pyrrole nitrogens is 1. The molecule has 0 radical (unpaired) electrons. The molecule has 3 heteroatoms. The first kappa shape index (κ1) is 9.79. The van der Waals surface area contributed by atoms with Crippen molar-refractivity contribution in [2.24, 2.45) is 0 Å². The lowest BCUT2D eigenvalue weighted by Crippen LogP contribution is -2.26. The highest BCUT2D eigenvalue weighted by Crippen LogP contribution is 2.29. The van der Waals surface area contributed by atoms with E-state index in [9.17, 15) is 0 Å². The summed E-state index contributed by atoms with van der Waals surface area (Å²) >= 11 is 6.04. The molecule has 2 aromatic rings. The van der Waals surface area contributed by atoms with Crippen molar-refractivity contribution in [1.29, 1.82) is 0 Å². The highest BCUT2D eigenvalue weighted by atomic mass is 35.5. The fourth-order valence-corrected chi connectivity index (χ4v) is 2.37. The standard InChI is InChI=1S/C13H13ClN2/c14-10-4-5-12-11(8-10)13(9-15-12)16-6-2-1-3-7-16/h1-2,4-5,8-9,15H,3,6-7H2. The highest BCUT2D eigenvalue weighted by Gasteiger charge is 2.12. The van der Waals surface area contributed by atoms with Crippen molar-refractivity contribution in [3.8, 4) is 0 Å². The molecule has 2 nitrogen and oxygen atoms in total. The number of benzene rings is 1. The summed E-state index contributed by atoms with van der Waals surface area (Å²) in [5.41, 5.74) is 2.40. The fourth-order valence-electron chi connectivity index (χ4n) is 2.20. The number of halogens is 1. The van der Waals surface area contributed by atoms with Crippen molar-refractivity contribution in [1.82, 2.24) is 4.98 Å². The lowest BCUT2D eigenvalue weighted by Gasteiger charge is -2.24. The summed E-state index contributed by atoms with van der Waals surface area (Å²) in [6.07, 6.45) is 7.64. The molecule has 1 aliphatic heterocycles. The SMILES string of the molecule is Clc1ccc2[nH]cc(N3CC=CCC3)c2c1. The van der Waals surface area contributed by atoms with Crippen molar-refractivity contribution in [3.05, 3.63) is 41.6 Å². The van der Waals surface area contributed by atoms with E-state index in [2.05, 4.69) is 28.2 Å². The number of aromatic amines is 1. The van der Waals surface area contributed by atoms with E-state index in [0.29, 0.717) is 0 Å². The zero-order valence-corrected chi connectivity index (χ0v) is 9.67. The summed E-state index contributed by atoms with van der Waals surface area (Å²) in [6.45, 7) is 2.06. The van der Waals surface area contributed by atoms with Gasteiger partial charge in [0.15, 0.2) is 0 Å². The predicted octanol–water partition coefficient (Wildman–Crippen LogP) is 3.59. The fraction of sp³-hybridized carbons (Fsp3) is 0.231. The minimum Gasteiger partial charge on any atom is -0.366 e. The first-order chi connectivity index (χ1) is 7.84. The maximum atomic E-state index is 6.04. The number of fused-ring (bicyclic) bond motifs is 1. The summed E-state index contributed by atoms with van der Waals surface area (Å²) < 4.78 is 0. The largest absolute Gasteiger partial charge is 0.366 e. The Morgan fingerprint density at radius 2 is 2.19 bits per heavy atom. The number of nitrogens with one attached hydrogen (secondary N) is 1. The average Bonchev–Trinajstić information content (AvgIpc) is 2.73. The van der Waals surface area contributed by atoms with Gasteiger partial charge in [0.1, 0.15) is 0 Å². The van der Waals surface area contributed by atoms with Crippen LogP contribution in [0.25, 0.3) is 10.9 Å². The smallest absolute Gasteiger partial charge is 0.0627 e. The molecule has 0 saturated heterocycles. The van der Waals surface area contributed by atoms with Crippen LogP contribution < -0.4 is 4.90 Å². The zero-order chi connectivity index (χ0) is 11.0. The molecule has 1 aromatic heterocycles. The summed E-state index contributed by atoms with van der Waals surface area (Å²) in [7, 11) is 0. The lowest BCUT2D eigenvalue weighted by atomic mass is 10.2. The van der Waals surface area contributed by atoms with Gasteiger partial charge >= 0.3 is 0 Å². The molecular weight excluding hydrogens is 220 g/mol. The second-order valence-electron chi connectivity index (χ2n) is 4.07. The highest BCUT2D eigenvalue weighted by molar-refractivity contribution is 6.31. The maximum Gasteiger partial charge on any atom is 0.0627 e. The zero-order valence-electron chi connectivity index (χ0n) is 8.91. The van der Waals surface area contributed by atoms with E-state index in [4.69, 9.17) is 11.6 Å². The van der Waals surface area contributed by atoms with E-state index in [1.54, 1.807) is 0 Å².